The lowest BCUT2D eigenvalue weighted by molar-refractivity contribution is -0.125. The number of aliphatic imine (C=N–C) groups is 1. The molecule has 3 heterocycles. The summed E-state index contributed by atoms with van der Waals surface area (Å²) in [5.74, 6) is 0.752. The second-order valence-corrected chi connectivity index (χ2v) is 9.17. The van der Waals surface area contributed by atoms with Crippen LogP contribution in [0.1, 0.15) is 36.1 Å². The van der Waals surface area contributed by atoms with E-state index in [0.29, 0.717) is 30.5 Å². The van der Waals surface area contributed by atoms with Crippen LogP contribution >= 0.6 is 0 Å². The molecule has 0 radical (unpaired) electrons. The smallest absolute Gasteiger partial charge is 0.246 e. The molecule has 1 fully saturated rings. The first-order valence-corrected chi connectivity index (χ1v) is 11.4. The van der Waals surface area contributed by atoms with E-state index in [4.69, 9.17) is 10.7 Å². The Bertz CT molecular complexity index is 1070. The summed E-state index contributed by atoms with van der Waals surface area (Å²) in [7, 11) is 3.95. The molecule has 0 spiro atoms. The number of benzene rings is 1. The number of amides is 1. The molecule has 174 valence electrons. The largest absolute Gasteiger partial charge is 0.383 e. The molecule has 2 aromatic rings. The quantitative estimate of drug-likeness (QED) is 0.708. The van der Waals surface area contributed by atoms with Gasteiger partial charge in [-0.15, -0.1) is 0 Å². The van der Waals surface area contributed by atoms with Crippen molar-refractivity contribution in [1.82, 2.24) is 19.8 Å². The number of likely N-dealkylation sites (tertiary alicyclic amines) is 1. The van der Waals surface area contributed by atoms with Crippen LogP contribution in [0.3, 0.4) is 0 Å². The number of nitrogens with zero attached hydrogens (tertiary/aromatic N) is 5. The number of nitrogen functional groups attached to an aromatic ring is 1. The Morgan fingerprint density at radius 2 is 2.03 bits per heavy atom. The highest BCUT2D eigenvalue weighted by atomic mass is 19.1. The summed E-state index contributed by atoms with van der Waals surface area (Å²) < 4.78 is 13.5. The molecule has 0 aliphatic carbocycles. The number of aromatic nitrogens is 2. The van der Waals surface area contributed by atoms with Gasteiger partial charge in [0.1, 0.15) is 18.0 Å². The van der Waals surface area contributed by atoms with Gasteiger partial charge in [0.2, 0.25) is 5.91 Å². The van der Waals surface area contributed by atoms with Crippen LogP contribution < -0.4 is 5.73 Å². The maximum Gasteiger partial charge on any atom is 0.246 e. The molecule has 2 aliphatic rings. The lowest BCUT2D eigenvalue weighted by atomic mass is 9.79. The number of fused-ring (bicyclic) bond motifs is 1. The predicted molar refractivity (Wildman–Crippen MR) is 128 cm³/mol. The van der Waals surface area contributed by atoms with Crippen molar-refractivity contribution in [2.75, 3.05) is 46.0 Å². The summed E-state index contributed by atoms with van der Waals surface area (Å²) in [6.45, 7) is 4.93. The number of hydrogen-bond donors (Lipinski definition) is 1. The van der Waals surface area contributed by atoms with Gasteiger partial charge in [0.05, 0.1) is 17.0 Å². The summed E-state index contributed by atoms with van der Waals surface area (Å²) in [6.07, 6.45) is 6.00. The van der Waals surface area contributed by atoms with Crippen LogP contribution in [0.25, 0.3) is 0 Å². The molecule has 7 nitrogen and oxygen atoms in total. The number of anilines is 1. The van der Waals surface area contributed by atoms with Gasteiger partial charge in [-0.25, -0.2) is 14.4 Å². The predicted octanol–water partition coefficient (Wildman–Crippen LogP) is 2.73. The molecule has 1 saturated heterocycles. The van der Waals surface area contributed by atoms with Gasteiger partial charge in [0.15, 0.2) is 0 Å². The molecule has 3 unspecified atom stereocenters. The summed E-state index contributed by atoms with van der Waals surface area (Å²) >= 11 is 0. The monoisotopic (exact) mass is 450 g/mol. The minimum Gasteiger partial charge on any atom is -0.383 e. The van der Waals surface area contributed by atoms with E-state index in [1.165, 1.54) is 18.5 Å². The van der Waals surface area contributed by atoms with Crippen LogP contribution in [0.4, 0.5) is 10.2 Å². The number of rotatable bonds is 5. The van der Waals surface area contributed by atoms with Crippen LogP contribution in [0, 0.1) is 17.7 Å². The van der Waals surface area contributed by atoms with Gasteiger partial charge in [-0.2, -0.15) is 0 Å². The van der Waals surface area contributed by atoms with Crippen LogP contribution in [0.15, 0.2) is 47.7 Å². The highest BCUT2D eigenvalue weighted by molar-refractivity contribution is 6.16. The Morgan fingerprint density at radius 3 is 2.76 bits per heavy atom. The van der Waals surface area contributed by atoms with E-state index >= 15 is 0 Å². The lowest BCUT2D eigenvalue weighted by Crippen LogP contribution is -2.30. The Morgan fingerprint density at radius 1 is 1.27 bits per heavy atom. The van der Waals surface area contributed by atoms with E-state index in [1.807, 2.05) is 30.0 Å². The molecule has 2 N–H and O–H groups in total. The first kappa shape index (κ1) is 23.0. The van der Waals surface area contributed by atoms with Gasteiger partial charge in [-0.3, -0.25) is 9.79 Å². The Balaban J connectivity index is 1.60. The number of halogens is 1. The summed E-state index contributed by atoms with van der Waals surface area (Å²) in [6, 6.07) is 6.28. The lowest BCUT2D eigenvalue weighted by Gasteiger charge is -2.27. The molecule has 33 heavy (non-hydrogen) atoms. The minimum absolute atomic E-state index is 0.0584. The van der Waals surface area contributed by atoms with E-state index in [0.717, 1.165) is 36.3 Å². The molecule has 4 rings (SSSR count). The van der Waals surface area contributed by atoms with Crippen LogP contribution in [0.2, 0.25) is 0 Å². The van der Waals surface area contributed by atoms with Crippen molar-refractivity contribution in [3.8, 4) is 0 Å². The average molecular weight is 451 g/mol. The fourth-order valence-corrected chi connectivity index (χ4v) is 4.85. The second kappa shape index (κ2) is 9.79. The zero-order chi connectivity index (χ0) is 23.5. The first-order chi connectivity index (χ1) is 15.8. The van der Waals surface area contributed by atoms with Gasteiger partial charge >= 0.3 is 0 Å². The number of carbonyl (C=O) groups is 1. The van der Waals surface area contributed by atoms with Crippen molar-refractivity contribution < 1.29 is 9.18 Å². The highest BCUT2D eigenvalue weighted by Crippen LogP contribution is 2.39. The van der Waals surface area contributed by atoms with E-state index in [9.17, 15) is 9.18 Å². The molecule has 1 amide bonds. The second-order valence-electron chi connectivity index (χ2n) is 9.17. The number of likely N-dealkylation sites (N-methyl/N-ethyl adjacent to an activating group) is 1. The van der Waals surface area contributed by atoms with E-state index in [-0.39, 0.29) is 23.6 Å². The number of nitrogens with two attached hydrogens (primary N) is 1. The standard InChI is InChI=1S/C25H31FN6O/c1-16-20(18-10-12-32(14-18)21(33)5-4-11-31(2)3)13-28-24(17-6-8-19(26)9-7-17)22-23(16)29-15-30-25(22)27/h4-9,15-16,18,20H,10-14H2,1-3H3,(H2,27,29,30). The first-order valence-electron chi connectivity index (χ1n) is 11.4. The summed E-state index contributed by atoms with van der Waals surface area (Å²) in [5.41, 5.74) is 9.38. The van der Waals surface area contributed by atoms with E-state index in [2.05, 4.69) is 16.9 Å². The normalized spacial score (nSPS) is 23.0. The Hall–Kier alpha value is -3.13. The van der Waals surface area contributed by atoms with Crippen LogP contribution in [0.5, 0.6) is 0 Å². The Labute approximate surface area is 194 Å². The number of carbonyl (C=O) groups excluding carboxylic acids is 1. The van der Waals surface area contributed by atoms with Crippen molar-refractivity contribution in [3.63, 3.8) is 0 Å². The fourth-order valence-electron chi connectivity index (χ4n) is 4.85. The zero-order valence-corrected chi connectivity index (χ0v) is 19.4. The van der Waals surface area contributed by atoms with Gasteiger partial charge in [0.25, 0.3) is 0 Å². The average Bonchev–Trinajstić information content (AvgIpc) is 3.22. The van der Waals surface area contributed by atoms with Crippen molar-refractivity contribution in [3.05, 3.63) is 65.4 Å². The fraction of sp³-hybridized carbons (Fsp3) is 0.440. The number of hydrogen-bond acceptors (Lipinski definition) is 6. The maximum absolute atomic E-state index is 13.5. The zero-order valence-electron chi connectivity index (χ0n) is 19.4. The molecule has 2 aliphatic heterocycles. The van der Waals surface area contributed by atoms with Crippen LogP contribution in [-0.4, -0.2) is 71.7 Å². The molecule has 0 bridgehead atoms. The van der Waals surface area contributed by atoms with Gasteiger partial charge in [0, 0.05) is 43.7 Å². The van der Waals surface area contributed by atoms with Gasteiger partial charge < -0.3 is 15.5 Å². The van der Waals surface area contributed by atoms with Crippen molar-refractivity contribution in [2.24, 2.45) is 16.8 Å². The van der Waals surface area contributed by atoms with Crippen LogP contribution in [-0.2, 0) is 4.79 Å². The molecular weight excluding hydrogens is 419 g/mol. The summed E-state index contributed by atoms with van der Waals surface area (Å²) in [4.78, 5) is 30.3. The van der Waals surface area contributed by atoms with Crippen molar-refractivity contribution in [1.29, 1.82) is 0 Å². The third-order valence-corrected chi connectivity index (χ3v) is 6.67. The Kier molecular flexibility index (Phi) is 6.83. The van der Waals surface area contributed by atoms with Crippen molar-refractivity contribution >= 4 is 17.4 Å². The highest BCUT2D eigenvalue weighted by Gasteiger charge is 2.38. The molecule has 8 heteroatoms. The summed E-state index contributed by atoms with van der Waals surface area (Å²) in [5, 5.41) is 0. The van der Waals surface area contributed by atoms with E-state index in [1.54, 1.807) is 18.2 Å². The maximum atomic E-state index is 13.5. The molecular formula is C25H31FN6O. The molecule has 1 aromatic carbocycles. The van der Waals surface area contributed by atoms with Gasteiger partial charge in [-0.05, 0) is 56.6 Å². The molecule has 3 atom stereocenters. The molecule has 0 saturated carbocycles. The third-order valence-electron chi connectivity index (χ3n) is 6.67. The molecule has 1 aromatic heterocycles. The van der Waals surface area contributed by atoms with Crippen molar-refractivity contribution in [2.45, 2.75) is 19.3 Å². The SMILES string of the molecule is CC1c2ncnc(N)c2C(c2ccc(F)cc2)=NCC1C1CCN(C(=O)C=CCN(C)C)C1. The van der Waals surface area contributed by atoms with Gasteiger partial charge in [-0.1, -0.05) is 13.0 Å². The van der Waals surface area contributed by atoms with E-state index < -0.39 is 0 Å². The minimum atomic E-state index is -0.299. The third kappa shape index (κ3) is 4.95. The topological polar surface area (TPSA) is 87.7 Å².